The van der Waals surface area contributed by atoms with Crippen molar-refractivity contribution in [3.63, 3.8) is 0 Å². The highest BCUT2D eigenvalue weighted by atomic mass is 15.4. The second-order valence-electron chi connectivity index (χ2n) is 5.40. The van der Waals surface area contributed by atoms with Crippen molar-refractivity contribution >= 4 is 0 Å². The van der Waals surface area contributed by atoms with E-state index in [1.54, 1.807) is 0 Å². The van der Waals surface area contributed by atoms with Crippen LogP contribution < -0.4 is 5.73 Å². The van der Waals surface area contributed by atoms with Gasteiger partial charge in [0.15, 0.2) is 5.82 Å². The van der Waals surface area contributed by atoms with Gasteiger partial charge >= 0.3 is 0 Å². The minimum atomic E-state index is 0.0892. The number of piperidine rings is 1. The van der Waals surface area contributed by atoms with Crippen LogP contribution in [0.4, 0.5) is 0 Å². The molecule has 1 fully saturated rings. The summed E-state index contributed by atoms with van der Waals surface area (Å²) in [6.07, 6.45) is 4.63. The highest BCUT2D eigenvalue weighted by molar-refractivity contribution is 5.06. The number of likely N-dealkylation sites (N-methyl/N-ethyl adjacent to an activating group) is 1. The van der Waals surface area contributed by atoms with E-state index >= 15 is 0 Å². The number of aromatic nitrogens is 3. The van der Waals surface area contributed by atoms with Gasteiger partial charge in [0, 0.05) is 19.0 Å². The van der Waals surface area contributed by atoms with Gasteiger partial charge in [0.25, 0.3) is 0 Å². The van der Waals surface area contributed by atoms with Crippen LogP contribution in [0.1, 0.15) is 49.3 Å². The number of nitrogens with two attached hydrogens (primary N) is 1. The summed E-state index contributed by atoms with van der Waals surface area (Å²) in [6.45, 7) is 3.26. The van der Waals surface area contributed by atoms with E-state index in [1.807, 2.05) is 4.68 Å². The molecule has 0 radical (unpaired) electrons. The first kappa shape index (κ1) is 11.2. The summed E-state index contributed by atoms with van der Waals surface area (Å²) >= 11 is 0. The van der Waals surface area contributed by atoms with Gasteiger partial charge in [0.1, 0.15) is 5.82 Å². The molecule has 0 amide bonds. The van der Waals surface area contributed by atoms with Crippen LogP contribution in [0.15, 0.2) is 0 Å². The molecule has 0 saturated carbocycles. The number of fused-ring (bicyclic) bond motifs is 1. The molecule has 1 aromatic heterocycles. The molecule has 0 aliphatic carbocycles. The van der Waals surface area contributed by atoms with Crippen LogP contribution in [0.25, 0.3) is 0 Å². The summed E-state index contributed by atoms with van der Waals surface area (Å²) in [5.41, 5.74) is 6.08. The number of aryl methyl sites for hydroxylation is 1. The standard InChI is InChI=1S/C12H21N5/c1-16-6-2-4-9(8-16)11-14-12-10(13)5-3-7-17(12)15-11/h9-10H,2-8,13H2,1H3. The molecule has 3 rings (SSSR count). The van der Waals surface area contributed by atoms with E-state index in [9.17, 15) is 0 Å². The summed E-state index contributed by atoms with van der Waals surface area (Å²) in [6, 6.07) is 0.0892. The Bertz CT molecular complexity index is 400. The van der Waals surface area contributed by atoms with Crippen molar-refractivity contribution in [3.8, 4) is 0 Å². The summed E-state index contributed by atoms with van der Waals surface area (Å²) in [7, 11) is 2.17. The Labute approximate surface area is 102 Å². The quantitative estimate of drug-likeness (QED) is 0.785. The Morgan fingerprint density at radius 1 is 1.24 bits per heavy atom. The molecule has 3 heterocycles. The molecule has 0 aromatic carbocycles. The molecular weight excluding hydrogens is 214 g/mol. The molecule has 2 atom stereocenters. The van der Waals surface area contributed by atoms with Crippen LogP contribution >= 0.6 is 0 Å². The van der Waals surface area contributed by atoms with Gasteiger partial charge < -0.3 is 10.6 Å². The van der Waals surface area contributed by atoms with E-state index in [1.165, 1.54) is 19.4 Å². The maximum atomic E-state index is 6.08. The Balaban J connectivity index is 1.83. The third kappa shape index (κ3) is 2.09. The molecule has 1 saturated heterocycles. The van der Waals surface area contributed by atoms with Gasteiger partial charge in [0.2, 0.25) is 0 Å². The van der Waals surface area contributed by atoms with Crippen LogP contribution in [0.3, 0.4) is 0 Å². The molecule has 1 aromatic rings. The molecule has 2 aliphatic rings. The molecule has 2 aliphatic heterocycles. The first-order valence-electron chi connectivity index (χ1n) is 6.63. The molecule has 94 valence electrons. The second-order valence-corrected chi connectivity index (χ2v) is 5.40. The normalized spacial score (nSPS) is 30.2. The monoisotopic (exact) mass is 235 g/mol. The Hall–Kier alpha value is -0.940. The molecule has 0 spiro atoms. The van der Waals surface area contributed by atoms with Crippen molar-refractivity contribution in [1.29, 1.82) is 0 Å². The Morgan fingerprint density at radius 2 is 2.06 bits per heavy atom. The van der Waals surface area contributed by atoms with Gasteiger partial charge in [-0.05, 0) is 39.3 Å². The van der Waals surface area contributed by atoms with Crippen molar-refractivity contribution in [2.45, 2.75) is 44.2 Å². The Morgan fingerprint density at radius 3 is 2.82 bits per heavy atom. The van der Waals surface area contributed by atoms with Crippen LogP contribution in [-0.2, 0) is 6.54 Å². The van der Waals surface area contributed by atoms with E-state index in [-0.39, 0.29) is 6.04 Å². The first-order chi connectivity index (χ1) is 8.24. The summed E-state index contributed by atoms with van der Waals surface area (Å²) in [5.74, 6) is 2.52. The van der Waals surface area contributed by atoms with Crippen molar-refractivity contribution in [3.05, 3.63) is 11.6 Å². The number of hydrogen-bond acceptors (Lipinski definition) is 4. The number of hydrogen-bond donors (Lipinski definition) is 1. The molecular formula is C12H21N5. The highest BCUT2D eigenvalue weighted by Crippen LogP contribution is 2.27. The zero-order valence-electron chi connectivity index (χ0n) is 10.5. The minimum Gasteiger partial charge on any atom is -0.321 e. The lowest BCUT2D eigenvalue weighted by molar-refractivity contribution is 0.245. The van der Waals surface area contributed by atoms with Gasteiger partial charge in [-0.3, -0.25) is 0 Å². The summed E-state index contributed by atoms with van der Waals surface area (Å²) < 4.78 is 2.03. The lowest BCUT2D eigenvalue weighted by Crippen LogP contribution is -2.31. The number of likely N-dealkylation sites (tertiary alicyclic amines) is 1. The minimum absolute atomic E-state index is 0.0892. The van der Waals surface area contributed by atoms with Gasteiger partial charge in [-0.1, -0.05) is 0 Å². The SMILES string of the molecule is CN1CCCC(c2nc3n(n2)CCCC3N)C1. The Kier molecular flexibility index (Phi) is 2.88. The average molecular weight is 235 g/mol. The maximum Gasteiger partial charge on any atom is 0.155 e. The molecule has 2 N–H and O–H groups in total. The number of rotatable bonds is 1. The predicted molar refractivity (Wildman–Crippen MR) is 65.7 cm³/mol. The number of nitrogens with zero attached hydrogens (tertiary/aromatic N) is 4. The highest BCUT2D eigenvalue weighted by Gasteiger charge is 2.27. The van der Waals surface area contributed by atoms with Crippen molar-refractivity contribution in [1.82, 2.24) is 19.7 Å². The smallest absolute Gasteiger partial charge is 0.155 e. The average Bonchev–Trinajstić information content (AvgIpc) is 2.74. The van der Waals surface area contributed by atoms with Crippen molar-refractivity contribution in [2.75, 3.05) is 20.1 Å². The largest absolute Gasteiger partial charge is 0.321 e. The van der Waals surface area contributed by atoms with E-state index < -0.39 is 0 Å². The van der Waals surface area contributed by atoms with Gasteiger partial charge in [-0.2, -0.15) is 5.10 Å². The van der Waals surface area contributed by atoms with Gasteiger partial charge in [0.05, 0.1) is 6.04 Å². The fraction of sp³-hybridized carbons (Fsp3) is 0.833. The summed E-state index contributed by atoms with van der Waals surface area (Å²) in [4.78, 5) is 7.06. The van der Waals surface area contributed by atoms with E-state index in [0.29, 0.717) is 5.92 Å². The van der Waals surface area contributed by atoms with E-state index in [2.05, 4.69) is 17.0 Å². The summed E-state index contributed by atoms with van der Waals surface area (Å²) in [5, 5.41) is 4.66. The van der Waals surface area contributed by atoms with E-state index in [0.717, 1.165) is 37.6 Å². The topological polar surface area (TPSA) is 60.0 Å². The van der Waals surface area contributed by atoms with E-state index in [4.69, 9.17) is 10.7 Å². The van der Waals surface area contributed by atoms with Crippen LogP contribution in [-0.4, -0.2) is 39.8 Å². The predicted octanol–water partition coefficient (Wildman–Crippen LogP) is 0.881. The third-order valence-electron chi connectivity index (χ3n) is 3.92. The molecule has 2 unspecified atom stereocenters. The molecule has 5 heteroatoms. The second kappa shape index (κ2) is 4.38. The lowest BCUT2D eigenvalue weighted by atomic mass is 9.98. The first-order valence-corrected chi connectivity index (χ1v) is 6.63. The fourth-order valence-corrected chi connectivity index (χ4v) is 2.95. The fourth-order valence-electron chi connectivity index (χ4n) is 2.95. The third-order valence-corrected chi connectivity index (χ3v) is 3.92. The van der Waals surface area contributed by atoms with Crippen molar-refractivity contribution in [2.24, 2.45) is 5.73 Å². The van der Waals surface area contributed by atoms with Crippen LogP contribution in [0.5, 0.6) is 0 Å². The van der Waals surface area contributed by atoms with Gasteiger partial charge in [-0.25, -0.2) is 9.67 Å². The maximum absolute atomic E-state index is 6.08. The lowest BCUT2D eigenvalue weighted by Gasteiger charge is -2.27. The van der Waals surface area contributed by atoms with Gasteiger partial charge in [-0.15, -0.1) is 0 Å². The molecule has 17 heavy (non-hydrogen) atoms. The molecule has 5 nitrogen and oxygen atoms in total. The molecule has 0 bridgehead atoms. The van der Waals surface area contributed by atoms with Crippen molar-refractivity contribution < 1.29 is 0 Å². The van der Waals surface area contributed by atoms with Crippen LogP contribution in [0, 0.1) is 0 Å². The zero-order chi connectivity index (χ0) is 11.8. The van der Waals surface area contributed by atoms with Crippen LogP contribution in [0.2, 0.25) is 0 Å². The zero-order valence-corrected chi connectivity index (χ0v) is 10.5.